The van der Waals surface area contributed by atoms with Gasteiger partial charge in [0.25, 0.3) is 5.69 Å². The van der Waals surface area contributed by atoms with Crippen molar-refractivity contribution in [2.24, 2.45) is 5.92 Å². The summed E-state index contributed by atoms with van der Waals surface area (Å²) >= 11 is 1.19. The van der Waals surface area contributed by atoms with Crippen LogP contribution in [0, 0.1) is 16.0 Å². The van der Waals surface area contributed by atoms with Gasteiger partial charge < -0.3 is 10.4 Å². The SMILES string of the molecule is CC(C)C[C@H](NC(=O)CSc1ccc([N+](=O)[O-])cc1)C(=O)O. The lowest BCUT2D eigenvalue weighted by molar-refractivity contribution is -0.384. The number of rotatable bonds is 8. The zero-order valence-electron chi connectivity index (χ0n) is 12.3. The van der Waals surface area contributed by atoms with E-state index in [-0.39, 0.29) is 23.3 Å². The van der Waals surface area contributed by atoms with Gasteiger partial charge in [-0.05, 0) is 24.5 Å². The molecule has 0 aromatic heterocycles. The number of nitro groups is 1. The van der Waals surface area contributed by atoms with E-state index in [1.165, 1.54) is 23.9 Å². The molecule has 2 N–H and O–H groups in total. The Morgan fingerprint density at radius 2 is 1.91 bits per heavy atom. The van der Waals surface area contributed by atoms with Gasteiger partial charge in [0, 0.05) is 17.0 Å². The van der Waals surface area contributed by atoms with Crippen molar-refractivity contribution in [3.63, 3.8) is 0 Å². The summed E-state index contributed by atoms with van der Waals surface area (Å²) in [4.78, 5) is 33.6. The maximum atomic E-state index is 11.8. The molecule has 1 rings (SSSR count). The fraction of sp³-hybridized carbons (Fsp3) is 0.429. The number of non-ortho nitro benzene ring substituents is 1. The van der Waals surface area contributed by atoms with Gasteiger partial charge in [-0.15, -0.1) is 11.8 Å². The number of carbonyl (C=O) groups is 2. The Bertz CT molecular complexity index is 545. The van der Waals surface area contributed by atoms with Crippen LogP contribution < -0.4 is 5.32 Å². The van der Waals surface area contributed by atoms with E-state index in [4.69, 9.17) is 5.11 Å². The third-order valence-corrected chi connectivity index (χ3v) is 3.77. The summed E-state index contributed by atoms with van der Waals surface area (Å²) in [7, 11) is 0. The molecular weight excluding hydrogens is 308 g/mol. The highest BCUT2D eigenvalue weighted by atomic mass is 32.2. The molecule has 1 atom stereocenters. The van der Waals surface area contributed by atoms with E-state index in [2.05, 4.69) is 5.32 Å². The van der Waals surface area contributed by atoms with Gasteiger partial charge >= 0.3 is 5.97 Å². The lowest BCUT2D eigenvalue weighted by Gasteiger charge is -2.16. The molecule has 1 aromatic rings. The number of aliphatic carboxylic acids is 1. The van der Waals surface area contributed by atoms with Crippen LogP contribution >= 0.6 is 11.8 Å². The Morgan fingerprint density at radius 1 is 1.32 bits per heavy atom. The summed E-state index contributed by atoms with van der Waals surface area (Å²) in [6.45, 7) is 3.77. The normalized spacial score (nSPS) is 12.0. The number of carboxylic acids is 1. The molecule has 0 unspecified atom stereocenters. The number of nitrogens with one attached hydrogen (secondary N) is 1. The maximum Gasteiger partial charge on any atom is 0.326 e. The van der Waals surface area contributed by atoms with E-state index < -0.39 is 16.9 Å². The van der Waals surface area contributed by atoms with Crippen molar-refractivity contribution in [2.75, 3.05) is 5.75 Å². The molecule has 120 valence electrons. The van der Waals surface area contributed by atoms with Gasteiger partial charge in [0.05, 0.1) is 10.7 Å². The van der Waals surface area contributed by atoms with E-state index in [1.807, 2.05) is 13.8 Å². The Kier molecular flexibility index (Phi) is 6.84. The largest absolute Gasteiger partial charge is 0.480 e. The van der Waals surface area contributed by atoms with Crippen LogP contribution in [0.25, 0.3) is 0 Å². The minimum Gasteiger partial charge on any atom is -0.480 e. The topological polar surface area (TPSA) is 110 Å². The van der Waals surface area contributed by atoms with Crippen molar-refractivity contribution in [3.05, 3.63) is 34.4 Å². The van der Waals surface area contributed by atoms with E-state index in [1.54, 1.807) is 12.1 Å². The van der Waals surface area contributed by atoms with Crippen molar-refractivity contribution in [1.82, 2.24) is 5.32 Å². The van der Waals surface area contributed by atoms with Crippen LogP contribution in [-0.4, -0.2) is 33.7 Å². The first-order valence-corrected chi connectivity index (χ1v) is 7.67. The Hall–Kier alpha value is -2.09. The monoisotopic (exact) mass is 326 g/mol. The van der Waals surface area contributed by atoms with Crippen molar-refractivity contribution in [1.29, 1.82) is 0 Å². The van der Waals surface area contributed by atoms with Gasteiger partial charge in [0.1, 0.15) is 6.04 Å². The van der Waals surface area contributed by atoms with Crippen molar-refractivity contribution in [3.8, 4) is 0 Å². The zero-order valence-corrected chi connectivity index (χ0v) is 13.1. The van der Waals surface area contributed by atoms with Gasteiger partial charge in [-0.3, -0.25) is 14.9 Å². The molecule has 0 aliphatic heterocycles. The van der Waals surface area contributed by atoms with Crippen LogP contribution in [0.15, 0.2) is 29.2 Å². The zero-order chi connectivity index (χ0) is 16.7. The van der Waals surface area contributed by atoms with Gasteiger partial charge in [0.15, 0.2) is 0 Å². The summed E-state index contributed by atoms with van der Waals surface area (Å²) in [6, 6.07) is 4.93. The molecule has 0 spiro atoms. The third kappa shape index (κ3) is 6.13. The first kappa shape index (κ1) is 18.0. The minimum atomic E-state index is -1.05. The lowest BCUT2D eigenvalue weighted by atomic mass is 10.0. The molecule has 0 heterocycles. The molecule has 0 radical (unpaired) electrons. The number of benzene rings is 1. The molecule has 1 aromatic carbocycles. The first-order valence-electron chi connectivity index (χ1n) is 6.69. The predicted molar refractivity (Wildman–Crippen MR) is 82.8 cm³/mol. The van der Waals surface area contributed by atoms with Crippen molar-refractivity contribution >= 4 is 29.3 Å². The fourth-order valence-electron chi connectivity index (χ4n) is 1.74. The number of thioether (sulfide) groups is 1. The molecule has 0 fully saturated rings. The standard InChI is InChI=1S/C14H18N2O5S/c1-9(2)7-12(14(18)19)15-13(17)8-22-11-5-3-10(4-6-11)16(20)21/h3-6,9,12H,7-8H2,1-2H3,(H,15,17)(H,18,19)/t12-/m0/s1. The second-order valence-electron chi connectivity index (χ2n) is 5.13. The number of hydrogen-bond acceptors (Lipinski definition) is 5. The van der Waals surface area contributed by atoms with Crippen LogP contribution in [0.3, 0.4) is 0 Å². The molecule has 0 aliphatic rings. The Labute approximate surface area is 132 Å². The number of carbonyl (C=O) groups excluding carboxylic acids is 1. The summed E-state index contributed by atoms with van der Waals surface area (Å²) in [5.41, 5.74) is -0.0170. The van der Waals surface area contributed by atoms with Crippen LogP contribution in [0.5, 0.6) is 0 Å². The molecule has 0 saturated carbocycles. The second kappa shape index (κ2) is 8.38. The van der Waals surface area contributed by atoms with Crippen LogP contribution in [0.4, 0.5) is 5.69 Å². The molecule has 7 nitrogen and oxygen atoms in total. The highest BCUT2D eigenvalue weighted by molar-refractivity contribution is 8.00. The molecular formula is C14H18N2O5S. The average Bonchev–Trinajstić information content (AvgIpc) is 2.44. The smallest absolute Gasteiger partial charge is 0.326 e. The summed E-state index contributed by atoms with van der Waals surface area (Å²) < 4.78 is 0. The molecule has 22 heavy (non-hydrogen) atoms. The number of amides is 1. The molecule has 8 heteroatoms. The molecule has 0 bridgehead atoms. The number of carboxylic acid groups (broad SMARTS) is 1. The Balaban J connectivity index is 2.51. The highest BCUT2D eigenvalue weighted by Gasteiger charge is 2.20. The summed E-state index contributed by atoms with van der Waals surface area (Å²) in [5, 5.41) is 22.1. The molecule has 0 aliphatic carbocycles. The van der Waals surface area contributed by atoms with Gasteiger partial charge in [-0.1, -0.05) is 13.8 Å². The summed E-state index contributed by atoms with van der Waals surface area (Å²) in [5.74, 6) is -1.22. The average molecular weight is 326 g/mol. The fourth-order valence-corrected chi connectivity index (χ4v) is 2.45. The van der Waals surface area contributed by atoms with Crippen LogP contribution in [0.2, 0.25) is 0 Å². The van der Waals surface area contributed by atoms with Crippen LogP contribution in [-0.2, 0) is 9.59 Å². The molecule has 1 amide bonds. The van der Waals surface area contributed by atoms with Gasteiger partial charge in [0.2, 0.25) is 5.91 Å². The quantitative estimate of drug-likeness (QED) is 0.431. The highest BCUT2D eigenvalue weighted by Crippen LogP contribution is 2.21. The van der Waals surface area contributed by atoms with Crippen LogP contribution in [0.1, 0.15) is 20.3 Å². The summed E-state index contributed by atoms with van der Waals surface area (Å²) in [6.07, 6.45) is 0.364. The maximum absolute atomic E-state index is 11.8. The minimum absolute atomic E-state index is 0.0170. The Morgan fingerprint density at radius 3 is 2.36 bits per heavy atom. The number of nitrogens with zero attached hydrogens (tertiary/aromatic N) is 1. The van der Waals surface area contributed by atoms with E-state index in [0.29, 0.717) is 11.3 Å². The number of nitro benzene ring substituents is 1. The van der Waals surface area contributed by atoms with E-state index in [9.17, 15) is 19.7 Å². The van der Waals surface area contributed by atoms with Crippen molar-refractivity contribution in [2.45, 2.75) is 31.2 Å². The third-order valence-electron chi connectivity index (χ3n) is 2.76. The number of hydrogen-bond donors (Lipinski definition) is 2. The lowest BCUT2D eigenvalue weighted by Crippen LogP contribution is -2.42. The predicted octanol–water partition coefficient (Wildman–Crippen LogP) is 2.30. The van der Waals surface area contributed by atoms with E-state index >= 15 is 0 Å². The van der Waals surface area contributed by atoms with Gasteiger partial charge in [-0.2, -0.15) is 0 Å². The first-order chi connectivity index (χ1) is 10.3. The molecule has 0 saturated heterocycles. The van der Waals surface area contributed by atoms with Gasteiger partial charge in [-0.25, -0.2) is 4.79 Å². The van der Waals surface area contributed by atoms with E-state index in [0.717, 1.165) is 0 Å². The van der Waals surface area contributed by atoms with Crippen molar-refractivity contribution < 1.29 is 19.6 Å². The second-order valence-corrected chi connectivity index (χ2v) is 6.18.